The Balaban J connectivity index is 1.72. The van der Waals surface area contributed by atoms with Gasteiger partial charge in [0.1, 0.15) is 0 Å². The molecule has 2 aliphatic heterocycles. The number of ether oxygens (including phenoxy) is 4. The van der Waals surface area contributed by atoms with Crippen LogP contribution < -0.4 is 5.19 Å². The minimum atomic E-state index is -1.63. The third-order valence-corrected chi connectivity index (χ3v) is 10.7. The van der Waals surface area contributed by atoms with E-state index in [1.807, 2.05) is 0 Å². The van der Waals surface area contributed by atoms with E-state index in [1.165, 1.54) is 24.6 Å². The minimum absolute atomic E-state index is 0.00331. The Morgan fingerprint density at radius 1 is 0.792 bits per heavy atom. The fourth-order valence-corrected chi connectivity index (χ4v) is 9.06. The van der Waals surface area contributed by atoms with E-state index in [0.717, 1.165) is 39.3 Å². The predicted molar refractivity (Wildman–Crippen MR) is 97.2 cm³/mol. The van der Waals surface area contributed by atoms with Gasteiger partial charge in [-0.3, -0.25) is 0 Å². The molecular weight excluding hydrogens is 320 g/mol. The number of hydrogen-bond acceptors (Lipinski definition) is 4. The van der Waals surface area contributed by atoms with E-state index in [2.05, 4.69) is 37.3 Å². The summed E-state index contributed by atoms with van der Waals surface area (Å²) in [6, 6.07) is 14.8. The lowest BCUT2D eigenvalue weighted by Crippen LogP contribution is -2.48. The lowest BCUT2D eigenvalue weighted by Gasteiger charge is -2.34. The Morgan fingerprint density at radius 3 is 1.75 bits per heavy atom. The molecule has 5 heteroatoms. The summed E-state index contributed by atoms with van der Waals surface area (Å²) in [5, 5.41) is 1.56. The quantitative estimate of drug-likeness (QED) is 0.641. The Kier molecular flexibility index (Phi) is 6.86. The van der Waals surface area contributed by atoms with E-state index in [4.69, 9.17) is 18.9 Å². The van der Waals surface area contributed by atoms with Crippen molar-refractivity contribution in [3.05, 3.63) is 30.3 Å². The van der Waals surface area contributed by atoms with Crippen molar-refractivity contribution in [3.8, 4) is 0 Å². The summed E-state index contributed by atoms with van der Waals surface area (Å²) in [6.45, 7) is 5.25. The van der Waals surface area contributed by atoms with Gasteiger partial charge in [0.2, 0.25) is 0 Å². The van der Waals surface area contributed by atoms with Gasteiger partial charge in [-0.15, -0.1) is 0 Å². The molecule has 0 radical (unpaired) electrons. The SMILES string of the molecule is CCC[Si](CCC1OCCO1)(CCC1OCCO1)c1ccccc1. The van der Waals surface area contributed by atoms with Crippen LogP contribution in [0.3, 0.4) is 0 Å². The second-order valence-corrected chi connectivity index (χ2v) is 11.5. The van der Waals surface area contributed by atoms with Crippen LogP contribution in [-0.4, -0.2) is 47.1 Å². The zero-order valence-corrected chi connectivity index (χ0v) is 15.7. The lowest BCUT2D eigenvalue weighted by molar-refractivity contribution is -0.0445. The second-order valence-electron chi connectivity index (χ2n) is 6.82. The van der Waals surface area contributed by atoms with E-state index < -0.39 is 8.07 Å². The smallest absolute Gasteiger partial charge is 0.157 e. The molecule has 2 fully saturated rings. The second kappa shape index (κ2) is 9.11. The third kappa shape index (κ3) is 4.67. The van der Waals surface area contributed by atoms with Gasteiger partial charge in [-0.05, 0) is 24.9 Å². The monoisotopic (exact) mass is 350 g/mol. The van der Waals surface area contributed by atoms with Crippen LogP contribution in [0, 0.1) is 0 Å². The molecule has 0 amide bonds. The van der Waals surface area contributed by atoms with Crippen LogP contribution in [0.25, 0.3) is 0 Å². The van der Waals surface area contributed by atoms with Crippen LogP contribution in [0.5, 0.6) is 0 Å². The highest BCUT2D eigenvalue weighted by atomic mass is 28.3. The first-order chi connectivity index (χ1) is 11.8. The molecule has 0 aliphatic carbocycles. The molecule has 0 N–H and O–H groups in total. The van der Waals surface area contributed by atoms with Gasteiger partial charge >= 0.3 is 0 Å². The fraction of sp³-hybridized carbons (Fsp3) is 0.684. The largest absolute Gasteiger partial charge is 0.350 e. The van der Waals surface area contributed by atoms with E-state index in [0.29, 0.717) is 0 Å². The highest BCUT2D eigenvalue weighted by Gasteiger charge is 2.36. The van der Waals surface area contributed by atoms with Gasteiger partial charge in [-0.25, -0.2) is 0 Å². The topological polar surface area (TPSA) is 36.9 Å². The highest BCUT2D eigenvalue weighted by Crippen LogP contribution is 2.30. The predicted octanol–water partition coefficient (Wildman–Crippen LogP) is 3.28. The molecule has 3 rings (SSSR count). The van der Waals surface area contributed by atoms with Gasteiger partial charge < -0.3 is 18.9 Å². The lowest BCUT2D eigenvalue weighted by atomic mass is 10.4. The van der Waals surface area contributed by atoms with Gasteiger partial charge in [-0.2, -0.15) is 0 Å². The van der Waals surface area contributed by atoms with E-state index in [1.54, 1.807) is 5.19 Å². The number of benzene rings is 1. The molecule has 134 valence electrons. The van der Waals surface area contributed by atoms with E-state index >= 15 is 0 Å². The molecule has 0 atom stereocenters. The third-order valence-electron chi connectivity index (χ3n) is 5.21. The Bertz CT molecular complexity index is 450. The van der Waals surface area contributed by atoms with Crippen LogP contribution in [0.15, 0.2) is 30.3 Å². The summed E-state index contributed by atoms with van der Waals surface area (Å²) >= 11 is 0. The van der Waals surface area contributed by atoms with Crippen LogP contribution in [-0.2, 0) is 18.9 Å². The molecule has 0 aromatic heterocycles. The van der Waals surface area contributed by atoms with Crippen molar-refractivity contribution in [1.82, 2.24) is 0 Å². The van der Waals surface area contributed by atoms with Crippen molar-refractivity contribution in [1.29, 1.82) is 0 Å². The average molecular weight is 351 g/mol. The minimum Gasteiger partial charge on any atom is -0.350 e. The van der Waals surface area contributed by atoms with Crippen LogP contribution in [0.1, 0.15) is 26.2 Å². The normalized spacial score (nSPS) is 20.0. The summed E-state index contributed by atoms with van der Waals surface area (Å²) in [5.74, 6) is 0. The molecule has 4 nitrogen and oxygen atoms in total. The summed E-state index contributed by atoms with van der Waals surface area (Å²) in [5.41, 5.74) is 0. The maximum absolute atomic E-state index is 5.69. The van der Waals surface area contributed by atoms with Gasteiger partial charge in [-0.1, -0.05) is 54.9 Å². The molecule has 0 unspecified atom stereocenters. The first-order valence-corrected chi connectivity index (χ1v) is 12.0. The molecule has 0 saturated carbocycles. The summed E-state index contributed by atoms with van der Waals surface area (Å²) in [4.78, 5) is 0. The summed E-state index contributed by atoms with van der Waals surface area (Å²) in [6.07, 6.45) is 3.23. The maximum atomic E-state index is 5.69. The zero-order chi connectivity index (χ0) is 16.7. The van der Waals surface area contributed by atoms with Crippen molar-refractivity contribution in [2.75, 3.05) is 26.4 Å². The Hall–Kier alpha value is -0.723. The molecule has 2 saturated heterocycles. The number of hydrogen-bond donors (Lipinski definition) is 0. The molecule has 24 heavy (non-hydrogen) atoms. The van der Waals surface area contributed by atoms with E-state index in [9.17, 15) is 0 Å². The van der Waals surface area contributed by atoms with Gasteiger partial charge in [0, 0.05) is 0 Å². The molecule has 2 heterocycles. The number of rotatable bonds is 9. The van der Waals surface area contributed by atoms with Crippen LogP contribution >= 0.6 is 0 Å². The van der Waals surface area contributed by atoms with Crippen LogP contribution in [0.2, 0.25) is 18.1 Å². The van der Waals surface area contributed by atoms with E-state index in [-0.39, 0.29) is 12.6 Å². The molecular formula is C19H30O4Si. The zero-order valence-electron chi connectivity index (χ0n) is 14.7. The van der Waals surface area contributed by atoms with Crippen molar-refractivity contribution in [2.24, 2.45) is 0 Å². The van der Waals surface area contributed by atoms with Gasteiger partial charge in [0.05, 0.1) is 34.5 Å². The van der Waals surface area contributed by atoms with Gasteiger partial charge in [0.15, 0.2) is 12.6 Å². The average Bonchev–Trinajstić information content (AvgIpc) is 3.32. The molecule has 1 aromatic carbocycles. The molecule has 0 spiro atoms. The Labute approximate surface area is 146 Å². The summed E-state index contributed by atoms with van der Waals surface area (Å²) < 4.78 is 22.8. The molecule has 0 bridgehead atoms. The fourth-order valence-electron chi connectivity index (χ4n) is 4.01. The first kappa shape index (κ1) is 18.1. The molecule has 1 aromatic rings. The highest BCUT2D eigenvalue weighted by molar-refractivity contribution is 6.91. The standard InChI is InChI=1S/C19H30O4Si/c1-2-14-24(17-6-4-3-5-7-17,15-8-18-20-10-11-21-18)16-9-19-22-12-13-23-19/h3-7,18-19H,2,8-16H2,1H3. The Morgan fingerprint density at radius 2 is 1.29 bits per heavy atom. The van der Waals surface area contributed by atoms with Gasteiger partial charge in [0.25, 0.3) is 0 Å². The molecule has 2 aliphatic rings. The van der Waals surface area contributed by atoms with Crippen molar-refractivity contribution < 1.29 is 18.9 Å². The van der Waals surface area contributed by atoms with Crippen molar-refractivity contribution in [3.63, 3.8) is 0 Å². The first-order valence-electron chi connectivity index (χ1n) is 9.34. The maximum Gasteiger partial charge on any atom is 0.157 e. The summed E-state index contributed by atoms with van der Waals surface area (Å²) in [7, 11) is -1.63. The van der Waals surface area contributed by atoms with Crippen LogP contribution in [0.4, 0.5) is 0 Å². The van der Waals surface area contributed by atoms with Crippen molar-refractivity contribution in [2.45, 2.75) is 56.9 Å². The van der Waals surface area contributed by atoms with Crippen molar-refractivity contribution >= 4 is 13.3 Å².